The van der Waals surface area contributed by atoms with Crippen LogP contribution >= 0.6 is 0 Å². The summed E-state index contributed by atoms with van der Waals surface area (Å²) in [6.07, 6.45) is -1.30. The van der Waals surface area contributed by atoms with Crippen LogP contribution in [0.3, 0.4) is 0 Å². The van der Waals surface area contributed by atoms with Gasteiger partial charge in [0.25, 0.3) is 11.8 Å². The lowest BCUT2D eigenvalue weighted by Gasteiger charge is -2.30. The first-order chi connectivity index (χ1) is 12.5. The Balaban J connectivity index is 1.50. The minimum absolute atomic E-state index is 0.0153. The first-order valence-electron chi connectivity index (χ1n) is 8.09. The molecule has 0 saturated carbocycles. The molecule has 1 aromatic carbocycles. The number of benzene rings is 1. The highest BCUT2D eigenvalue weighted by atomic mass is 16.6. The maximum Gasteiger partial charge on any atom is 0.322 e. The molecule has 4 rings (SSSR count). The molecule has 9 heteroatoms. The number of carbonyl (C=O) groups is 1. The Kier molecular flexibility index (Phi) is 3.83. The molecule has 0 fully saturated rings. The number of anilines is 1. The molecule has 1 amide bonds. The highest BCUT2D eigenvalue weighted by molar-refractivity contribution is 5.93. The molecule has 2 aromatic heterocycles. The van der Waals surface area contributed by atoms with E-state index in [0.717, 1.165) is 5.69 Å². The van der Waals surface area contributed by atoms with E-state index in [4.69, 9.17) is 13.9 Å². The topological polar surface area (TPSA) is 104 Å². The molecule has 0 spiro atoms. The highest BCUT2D eigenvalue weighted by Gasteiger charge is 2.34. The van der Waals surface area contributed by atoms with Gasteiger partial charge in [-0.3, -0.25) is 14.8 Å². The molecule has 0 saturated heterocycles. The van der Waals surface area contributed by atoms with Crippen LogP contribution in [-0.4, -0.2) is 38.1 Å². The Hall–Kier alpha value is -3.36. The number of fused-ring (bicyclic) bond motifs is 1. The van der Waals surface area contributed by atoms with E-state index in [1.807, 2.05) is 25.1 Å². The van der Waals surface area contributed by atoms with E-state index in [9.17, 15) is 4.79 Å². The van der Waals surface area contributed by atoms with Gasteiger partial charge in [-0.05, 0) is 32.0 Å². The predicted octanol–water partition coefficient (Wildman–Crippen LogP) is 1.95. The average molecular weight is 355 g/mol. The zero-order valence-electron chi connectivity index (χ0n) is 14.5. The average Bonchev–Trinajstić information content (AvgIpc) is 3.19. The fraction of sp³-hybridized carbons (Fsp3) is 0.294. The van der Waals surface area contributed by atoms with Crippen LogP contribution < -0.4 is 14.8 Å². The van der Waals surface area contributed by atoms with E-state index >= 15 is 0 Å². The number of aromatic nitrogens is 4. The largest absolute Gasteiger partial charge is 0.482 e. The van der Waals surface area contributed by atoms with Gasteiger partial charge in [-0.25, -0.2) is 0 Å². The summed E-state index contributed by atoms with van der Waals surface area (Å²) in [4.78, 5) is 12.5. The summed E-state index contributed by atoms with van der Waals surface area (Å²) in [7, 11) is 1.77. The highest BCUT2D eigenvalue weighted by Crippen LogP contribution is 2.33. The first-order valence-corrected chi connectivity index (χ1v) is 8.09. The monoisotopic (exact) mass is 355 g/mol. The molecule has 3 aromatic rings. The Labute approximate surface area is 148 Å². The molecule has 0 bridgehead atoms. The van der Waals surface area contributed by atoms with Crippen LogP contribution in [0.15, 0.2) is 34.7 Å². The zero-order chi connectivity index (χ0) is 18.3. The minimum Gasteiger partial charge on any atom is -0.482 e. The summed E-state index contributed by atoms with van der Waals surface area (Å²) in [5.41, 5.74) is 1.49. The van der Waals surface area contributed by atoms with E-state index in [-0.39, 0.29) is 11.9 Å². The number of hydrogen-bond donors (Lipinski definition) is 1. The van der Waals surface area contributed by atoms with Gasteiger partial charge in [0.05, 0.1) is 5.69 Å². The van der Waals surface area contributed by atoms with Gasteiger partial charge in [0, 0.05) is 7.05 Å². The number of hydrogen-bond acceptors (Lipinski definition) is 7. The van der Waals surface area contributed by atoms with E-state index in [1.54, 1.807) is 30.8 Å². The molecule has 0 radical (unpaired) electrons. The second-order valence-electron chi connectivity index (χ2n) is 6.00. The molecule has 26 heavy (non-hydrogen) atoms. The molecule has 0 unspecified atom stereocenters. The number of carbonyl (C=O) groups excluding carboxylic acids is 1. The van der Waals surface area contributed by atoms with Crippen molar-refractivity contribution in [3.05, 3.63) is 36.0 Å². The van der Waals surface area contributed by atoms with Crippen molar-refractivity contribution in [3.8, 4) is 23.1 Å². The van der Waals surface area contributed by atoms with Crippen molar-refractivity contribution < 1.29 is 18.7 Å². The molecular weight excluding hydrogens is 338 g/mol. The van der Waals surface area contributed by atoms with E-state index in [0.29, 0.717) is 17.2 Å². The van der Waals surface area contributed by atoms with Crippen LogP contribution in [0.5, 0.6) is 11.5 Å². The summed E-state index contributed by atoms with van der Waals surface area (Å²) in [5, 5.41) is 14.6. The smallest absolute Gasteiger partial charge is 0.322 e. The summed E-state index contributed by atoms with van der Waals surface area (Å²) in [6.45, 7) is 3.63. The molecule has 3 heterocycles. The van der Waals surface area contributed by atoms with Gasteiger partial charge < -0.3 is 13.9 Å². The number of amides is 1. The molecule has 134 valence electrons. The normalized spacial score (nSPS) is 18.6. The van der Waals surface area contributed by atoms with Crippen molar-refractivity contribution in [2.45, 2.75) is 26.1 Å². The van der Waals surface area contributed by atoms with Gasteiger partial charge in [0.2, 0.25) is 6.10 Å². The molecular formula is C17H17N5O4. The molecule has 1 N–H and O–H groups in total. The van der Waals surface area contributed by atoms with Crippen LogP contribution in [0.1, 0.15) is 12.6 Å². The molecule has 0 aliphatic carbocycles. The number of nitrogens with zero attached hydrogens (tertiary/aromatic N) is 4. The van der Waals surface area contributed by atoms with Crippen molar-refractivity contribution in [3.63, 3.8) is 0 Å². The van der Waals surface area contributed by atoms with Crippen molar-refractivity contribution in [2.24, 2.45) is 7.05 Å². The van der Waals surface area contributed by atoms with Crippen molar-refractivity contribution in [2.75, 3.05) is 5.32 Å². The SMILES string of the molecule is Cc1cc(-c2nnc(NC(=O)[C@H]3Oc4ccccc4O[C@@H]3C)o2)n(C)n1. The molecule has 2 atom stereocenters. The molecule has 1 aliphatic heterocycles. The van der Waals surface area contributed by atoms with E-state index < -0.39 is 18.1 Å². The maximum absolute atomic E-state index is 12.5. The van der Waals surface area contributed by atoms with Gasteiger partial charge >= 0.3 is 6.01 Å². The number of para-hydroxylation sites is 2. The summed E-state index contributed by atoms with van der Waals surface area (Å²) >= 11 is 0. The predicted molar refractivity (Wildman–Crippen MR) is 90.8 cm³/mol. The minimum atomic E-state index is -0.834. The number of ether oxygens (including phenoxy) is 2. The molecule has 1 aliphatic rings. The van der Waals surface area contributed by atoms with Crippen LogP contribution in [-0.2, 0) is 11.8 Å². The number of nitrogens with one attached hydrogen (secondary N) is 1. The standard InChI is InChI=1S/C17H17N5O4/c1-9-8-11(22(3)21-9)16-19-20-17(26-16)18-15(23)14-10(2)24-12-6-4-5-7-13(12)25-14/h4-8,10,14H,1-3H3,(H,18,20,23)/t10-,14+/m1/s1. The third-order valence-corrected chi connectivity index (χ3v) is 3.98. The van der Waals surface area contributed by atoms with Crippen LogP contribution in [0.25, 0.3) is 11.6 Å². The van der Waals surface area contributed by atoms with Gasteiger partial charge in [0.1, 0.15) is 11.8 Å². The fourth-order valence-electron chi connectivity index (χ4n) is 2.77. The van der Waals surface area contributed by atoms with E-state index in [1.165, 1.54) is 0 Å². The summed E-state index contributed by atoms with van der Waals surface area (Å²) in [6, 6.07) is 8.99. The van der Waals surface area contributed by atoms with Crippen molar-refractivity contribution >= 4 is 11.9 Å². The lowest BCUT2D eigenvalue weighted by atomic mass is 10.1. The summed E-state index contributed by atoms with van der Waals surface area (Å²) < 4.78 is 18.6. The Morgan fingerprint density at radius 3 is 2.62 bits per heavy atom. The Morgan fingerprint density at radius 1 is 1.19 bits per heavy atom. The first kappa shape index (κ1) is 16.1. The number of aryl methyl sites for hydroxylation is 2. The molecule has 9 nitrogen and oxygen atoms in total. The lowest BCUT2D eigenvalue weighted by molar-refractivity contribution is -0.128. The second-order valence-corrected chi connectivity index (χ2v) is 6.00. The Bertz CT molecular complexity index is 964. The van der Waals surface area contributed by atoms with Gasteiger partial charge in [-0.15, -0.1) is 5.10 Å². The van der Waals surface area contributed by atoms with Crippen molar-refractivity contribution in [1.82, 2.24) is 20.0 Å². The van der Waals surface area contributed by atoms with Crippen molar-refractivity contribution in [1.29, 1.82) is 0 Å². The summed E-state index contributed by atoms with van der Waals surface area (Å²) in [5.74, 6) is 0.962. The number of rotatable bonds is 3. The quantitative estimate of drug-likeness (QED) is 0.765. The van der Waals surface area contributed by atoms with Gasteiger partial charge in [0.15, 0.2) is 11.5 Å². The van der Waals surface area contributed by atoms with Crippen LogP contribution in [0.4, 0.5) is 6.01 Å². The van der Waals surface area contributed by atoms with E-state index in [2.05, 4.69) is 20.6 Å². The third kappa shape index (κ3) is 2.87. The maximum atomic E-state index is 12.5. The zero-order valence-corrected chi connectivity index (χ0v) is 14.5. The van der Waals surface area contributed by atoms with Crippen LogP contribution in [0.2, 0.25) is 0 Å². The fourth-order valence-corrected chi connectivity index (χ4v) is 2.77. The second kappa shape index (κ2) is 6.17. The third-order valence-electron chi connectivity index (χ3n) is 3.98. The lowest BCUT2D eigenvalue weighted by Crippen LogP contribution is -2.46. The van der Waals surface area contributed by atoms with Crippen LogP contribution in [0, 0.1) is 6.92 Å². The van der Waals surface area contributed by atoms with Gasteiger partial charge in [-0.2, -0.15) is 5.10 Å². The van der Waals surface area contributed by atoms with Gasteiger partial charge in [-0.1, -0.05) is 17.2 Å². The Morgan fingerprint density at radius 2 is 1.92 bits per heavy atom.